The van der Waals surface area contributed by atoms with Gasteiger partial charge in [-0.2, -0.15) is 0 Å². The summed E-state index contributed by atoms with van der Waals surface area (Å²) in [5.41, 5.74) is 0.557. The molecule has 2 unspecified atom stereocenters. The average molecular weight is 232 g/mol. The number of ketones is 1. The smallest absolute Gasteiger partial charge is 0.141 e. The molecule has 2 atom stereocenters. The van der Waals surface area contributed by atoms with Crippen LogP contribution in [0.5, 0.6) is 0 Å². The maximum atomic E-state index is 13.5. The lowest BCUT2D eigenvalue weighted by Crippen LogP contribution is -2.08. The van der Waals surface area contributed by atoms with Gasteiger partial charge in [0.15, 0.2) is 0 Å². The average Bonchev–Trinajstić information content (AvgIpc) is 3.06. The molecule has 0 bridgehead atoms. The maximum Gasteiger partial charge on any atom is 0.141 e. The summed E-state index contributed by atoms with van der Waals surface area (Å²) in [6.07, 6.45) is 5.23. The summed E-state index contributed by atoms with van der Waals surface area (Å²) in [7, 11) is 0. The van der Waals surface area contributed by atoms with Crippen molar-refractivity contribution in [2.45, 2.75) is 32.1 Å². The lowest BCUT2D eigenvalue weighted by molar-refractivity contribution is -0.120. The van der Waals surface area contributed by atoms with E-state index in [2.05, 4.69) is 0 Å². The fourth-order valence-corrected chi connectivity index (χ4v) is 3.42. The number of carbonyl (C=O) groups is 1. The van der Waals surface area contributed by atoms with Crippen LogP contribution in [0.1, 0.15) is 31.2 Å². The SMILES string of the molecule is O=C(Cc1ccccc1F)C1C2CCCCC21. The van der Waals surface area contributed by atoms with Gasteiger partial charge in [0.05, 0.1) is 0 Å². The molecule has 3 rings (SSSR count). The van der Waals surface area contributed by atoms with Crippen molar-refractivity contribution in [2.75, 3.05) is 0 Å². The molecule has 0 saturated heterocycles. The van der Waals surface area contributed by atoms with Crippen molar-refractivity contribution in [3.63, 3.8) is 0 Å². The van der Waals surface area contributed by atoms with E-state index in [1.165, 1.54) is 31.7 Å². The van der Waals surface area contributed by atoms with Crippen LogP contribution in [-0.4, -0.2) is 5.78 Å². The normalized spacial score (nSPS) is 30.8. The molecule has 1 aromatic rings. The first-order valence-electron chi connectivity index (χ1n) is 6.53. The van der Waals surface area contributed by atoms with Gasteiger partial charge >= 0.3 is 0 Å². The molecule has 0 radical (unpaired) electrons. The second-order valence-corrected chi connectivity index (χ2v) is 5.37. The Bertz CT molecular complexity index is 428. The first kappa shape index (κ1) is 10.9. The number of hydrogen-bond donors (Lipinski definition) is 0. The number of Topliss-reactive ketones (excluding diaryl/α,β-unsaturated/α-hetero) is 1. The van der Waals surface area contributed by atoms with Crippen LogP contribution in [0.3, 0.4) is 0 Å². The third-order valence-electron chi connectivity index (χ3n) is 4.35. The first-order chi connectivity index (χ1) is 8.27. The van der Waals surface area contributed by atoms with E-state index in [-0.39, 0.29) is 23.9 Å². The largest absolute Gasteiger partial charge is 0.299 e. The van der Waals surface area contributed by atoms with Crippen molar-refractivity contribution in [2.24, 2.45) is 17.8 Å². The Morgan fingerprint density at radius 3 is 2.47 bits per heavy atom. The van der Waals surface area contributed by atoms with E-state index in [1.54, 1.807) is 18.2 Å². The van der Waals surface area contributed by atoms with Crippen LogP contribution in [0, 0.1) is 23.6 Å². The van der Waals surface area contributed by atoms with Gasteiger partial charge in [-0.25, -0.2) is 4.39 Å². The van der Waals surface area contributed by atoms with Gasteiger partial charge < -0.3 is 0 Å². The van der Waals surface area contributed by atoms with Gasteiger partial charge in [0.2, 0.25) is 0 Å². The number of halogens is 1. The number of rotatable bonds is 3. The first-order valence-corrected chi connectivity index (χ1v) is 6.53. The summed E-state index contributed by atoms with van der Waals surface area (Å²) in [6, 6.07) is 6.62. The molecule has 2 heteroatoms. The summed E-state index contributed by atoms with van der Waals surface area (Å²) in [5, 5.41) is 0. The summed E-state index contributed by atoms with van der Waals surface area (Å²) in [6.45, 7) is 0. The number of fused-ring (bicyclic) bond motifs is 1. The Labute approximate surface area is 101 Å². The molecule has 0 amide bonds. The third-order valence-corrected chi connectivity index (χ3v) is 4.35. The van der Waals surface area contributed by atoms with Crippen LogP contribution in [0.2, 0.25) is 0 Å². The molecule has 1 aromatic carbocycles. The molecule has 2 aliphatic rings. The van der Waals surface area contributed by atoms with E-state index in [1.807, 2.05) is 0 Å². The highest BCUT2D eigenvalue weighted by atomic mass is 19.1. The van der Waals surface area contributed by atoms with Gasteiger partial charge in [-0.3, -0.25) is 4.79 Å². The minimum Gasteiger partial charge on any atom is -0.299 e. The van der Waals surface area contributed by atoms with Crippen LogP contribution in [0.4, 0.5) is 4.39 Å². The Balaban J connectivity index is 1.67. The topological polar surface area (TPSA) is 17.1 Å². The molecular formula is C15H17FO. The molecule has 2 saturated carbocycles. The monoisotopic (exact) mass is 232 g/mol. The zero-order chi connectivity index (χ0) is 11.8. The van der Waals surface area contributed by atoms with E-state index in [4.69, 9.17) is 0 Å². The summed E-state index contributed by atoms with van der Waals surface area (Å²) >= 11 is 0. The minimum absolute atomic E-state index is 0.246. The molecule has 0 N–H and O–H groups in total. The molecule has 0 aliphatic heterocycles. The fourth-order valence-electron chi connectivity index (χ4n) is 3.42. The maximum absolute atomic E-state index is 13.5. The van der Waals surface area contributed by atoms with E-state index in [9.17, 15) is 9.18 Å². The molecule has 17 heavy (non-hydrogen) atoms. The third kappa shape index (κ3) is 2.01. The zero-order valence-electron chi connectivity index (χ0n) is 9.86. The van der Waals surface area contributed by atoms with Gasteiger partial charge in [-0.1, -0.05) is 31.0 Å². The molecule has 0 heterocycles. The van der Waals surface area contributed by atoms with E-state index in [0.717, 1.165) is 0 Å². The lowest BCUT2D eigenvalue weighted by atomic mass is 10.0. The number of carbonyl (C=O) groups excluding carboxylic acids is 1. The molecule has 2 aliphatic carbocycles. The molecule has 2 fully saturated rings. The summed E-state index contributed by atoms with van der Waals surface area (Å²) in [4.78, 5) is 12.1. The van der Waals surface area contributed by atoms with Gasteiger partial charge in [-0.05, 0) is 36.3 Å². The number of hydrogen-bond acceptors (Lipinski definition) is 1. The number of benzene rings is 1. The fraction of sp³-hybridized carbons (Fsp3) is 0.533. The molecule has 1 nitrogen and oxygen atoms in total. The van der Waals surface area contributed by atoms with Crippen LogP contribution < -0.4 is 0 Å². The van der Waals surface area contributed by atoms with Crippen LogP contribution in [0.25, 0.3) is 0 Å². The van der Waals surface area contributed by atoms with Crippen molar-refractivity contribution in [1.82, 2.24) is 0 Å². The lowest BCUT2D eigenvalue weighted by Gasteiger charge is -2.04. The van der Waals surface area contributed by atoms with Crippen LogP contribution in [-0.2, 0) is 11.2 Å². The Morgan fingerprint density at radius 1 is 1.18 bits per heavy atom. The highest BCUT2D eigenvalue weighted by Crippen LogP contribution is 2.56. The minimum atomic E-state index is -0.246. The van der Waals surface area contributed by atoms with E-state index >= 15 is 0 Å². The molecular weight excluding hydrogens is 215 g/mol. The summed E-state index contributed by atoms with van der Waals surface area (Å²) in [5.74, 6) is 1.51. The van der Waals surface area contributed by atoms with Gasteiger partial charge in [-0.15, -0.1) is 0 Å². The highest BCUT2D eigenvalue weighted by molar-refractivity contribution is 5.86. The standard InChI is InChI=1S/C15H17FO/c16-13-8-4-1-5-10(13)9-14(17)15-11-6-2-3-7-12(11)15/h1,4-5,8,11-12,15H,2-3,6-7,9H2. The molecule has 0 aromatic heterocycles. The predicted octanol–water partition coefficient (Wildman–Crippen LogP) is 3.37. The van der Waals surface area contributed by atoms with Gasteiger partial charge in [0.1, 0.15) is 11.6 Å². The summed E-state index contributed by atoms with van der Waals surface area (Å²) < 4.78 is 13.5. The Kier molecular flexibility index (Phi) is 2.73. The van der Waals surface area contributed by atoms with Crippen LogP contribution >= 0.6 is 0 Å². The van der Waals surface area contributed by atoms with Crippen molar-refractivity contribution >= 4 is 5.78 Å². The molecule has 90 valence electrons. The van der Waals surface area contributed by atoms with Crippen molar-refractivity contribution in [3.8, 4) is 0 Å². The quantitative estimate of drug-likeness (QED) is 0.780. The Hall–Kier alpha value is -1.18. The van der Waals surface area contributed by atoms with Crippen molar-refractivity contribution in [1.29, 1.82) is 0 Å². The van der Waals surface area contributed by atoms with Gasteiger partial charge in [0, 0.05) is 12.3 Å². The zero-order valence-corrected chi connectivity index (χ0v) is 9.86. The van der Waals surface area contributed by atoms with E-state index < -0.39 is 0 Å². The van der Waals surface area contributed by atoms with Crippen molar-refractivity contribution < 1.29 is 9.18 Å². The molecule has 0 spiro atoms. The predicted molar refractivity (Wildman–Crippen MR) is 64.0 cm³/mol. The second-order valence-electron chi connectivity index (χ2n) is 5.37. The van der Waals surface area contributed by atoms with E-state index in [0.29, 0.717) is 17.4 Å². The van der Waals surface area contributed by atoms with Crippen LogP contribution in [0.15, 0.2) is 24.3 Å². The second kappa shape index (κ2) is 4.25. The highest BCUT2D eigenvalue weighted by Gasteiger charge is 2.53. The van der Waals surface area contributed by atoms with Gasteiger partial charge in [0.25, 0.3) is 0 Å². The Morgan fingerprint density at radius 2 is 1.82 bits per heavy atom. The van der Waals surface area contributed by atoms with Crippen molar-refractivity contribution in [3.05, 3.63) is 35.6 Å².